The van der Waals surface area contributed by atoms with Crippen LogP contribution in [0.3, 0.4) is 0 Å². The first-order chi connectivity index (χ1) is 20.8. The predicted octanol–water partition coefficient (Wildman–Crippen LogP) is 13.1. The molecule has 296 valence electrons. The second kappa shape index (κ2) is 25.7. The molecule has 49 heavy (non-hydrogen) atoms. The van der Waals surface area contributed by atoms with Crippen molar-refractivity contribution >= 4 is 18.5 Å². The number of ether oxygens (including phenoxy) is 6. The van der Waals surface area contributed by atoms with Crippen molar-refractivity contribution < 1.29 is 42.8 Å². The van der Waals surface area contributed by atoms with Crippen LogP contribution in [0.15, 0.2) is 0 Å². The minimum atomic E-state index is -0.510. The van der Waals surface area contributed by atoms with Crippen molar-refractivity contribution in [3.63, 3.8) is 0 Å². The van der Waals surface area contributed by atoms with Gasteiger partial charge in [-0.3, -0.25) is 0 Å². The molecule has 2 atom stereocenters. The average molecular weight is 707 g/mol. The van der Waals surface area contributed by atoms with Gasteiger partial charge in [-0.15, -0.1) is 0 Å². The molecule has 2 unspecified atom stereocenters. The van der Waals surface area contributed by atoms with Crippen LogP contribution in [0.25, 0.3) is 0 Å². The molecule has 3 aliphatic rings. The Labute approximate surface area is 303 Å². The van der Waals surface area contributed by atoms with Gasteiger partial charge in [0.05, 0.1) is 6.61 Å². The average Bonchev–Trinajstić information content (AvgIpc) is 3.70. The van der Waals surface area contributed by atoms with Gasteiger partial charge in [-0.2, -0.15) is 0 Å². The summed E-state index contributed by atoms with van der Waals surface area (Å²) in [6.45, 7) is 22.8. The third kappa shape index (κ3) is 25.4. The van der Waals surface area contributed by atoms with Crippen LogP contribution in [-0.2, 0) is 28.4 Å². The molecule has 3 fully saturated rings. The van der Waals surface area contributed by atoms with Crippen LogP contribution in [0.4, 0.5) is 14.4 Å². The first kappa shape index (κ1) is 53.6. The van der Waals surface area contributed by atoms with Crippen molar-refractivity contribution in [1.29, 1.82) is 0 Å². The number of carbonyl (C=O) groups is 3. The maximum atomic E-state index is 11.6. The molecule has 3 rings (SSSR count). The normalized spacial score (nSPS) is 17.7. The molecule has 0 aliphatic heterocycles. The van der Waals surface area contributed by atoms with Gasteiger partial charge in [0, 0.05) is 0 Å². The highest BCUT2D eigenvalue weighted by Gasteiger charge is 2.29. The Morgan fingerprint density at radius 2 is 0.878 bits per heavy atom. The topological polar surface area (TPSA) is 107 Å². The molecule has 0 saturated heterocycles. The van der Waals surface area contributed by atoms with E-state index < -0.39 is 18.5 Å². The zero-order chi connectivity index (χ0) is 34.3. The van der Waals surface area contributed by atoms with Gasteiger partial charge in [-0.25, -0.2) is 14.4 Å². The molecule has 0 aromatic rings. The zero-order valence-electron chi connectivity index (χ0n) is 30.5. The molecular formula is C40H82O9. The smallest absolute Gasteiger partial charge is 0.434 e. The summed E-state index contributed by atoms with van der Waals surface area (Å²) in [5.74, 6) is 0. The first-order valence-corrected chi connectivity index (χ1v) is 17.4. The van der Waals surface area contributed by atoms with E-state index in [4.69, 9.17) is 28.4 Å². The van der Waals surface area contributed by atoms with Gasteiger partial charge in [0.2, 0.25) is 0 Å². The molecule has 0 N–H and O–H groups in total. The van der Waals surface area contributed by atoms with Crippen molar-refractivity contribution in [2.75, 3.05) is 6.61 Å². The molecule has 0 spiro atoms. The molecule has 0 radical (unpaired) electrons. The first-order valence-electron chi connectivity index (χ1n) is 17.4. The highest BCUT2D eigenvalue weighted by Crippen LogP contribution is 2.28. The summed E-state index contributed by atoms with van der Waals surface area (Å²) in [5, 5.41) is 0. The number of hydrogen-bond donors (Lipinski definition) is 0. The molecule has 3 saturated carbocycles. The van der Waals surface area contributed by atoms with Crippen molar-refractivity contribution in [3.05, 3.63) is 0 Å². The molecule has 9 heteroatoms. The molecule has 0 amide bonds. The molecule has 3 aliphatic carbocycles. The fourth-order valence-corrected chi connectivity index (χ4v) is 5.10. The lowest BCUT2D eigenvalue weighted by molar-refractivity contribution is -0.0336. The quantitative estimate of drug-likeness (QED) is 0.189. The zero-order valence-corrected chi connectivity index (χ0v) is 30.5. The predicted molar refractivity (Wildman–Crippen MR) is 203 cm³/mol. The van der Waals surface area contributed by atoms with E-state index in [0.717, 1.165) is 83.5 Å². The SMILES string of the molecule is C.C.C.C.CC(C)(C)COC(=O)OC1CCCC1.CC(OC(=O)OC1CCCC1)C(C)(C)C.CCC(OC(=O)OC1CCCC1)C(C)(C)C. The van der Waals surface area contributed by atoms with Crippen molar-refractivity contribution in [3.8, 4) is 0 Å². The second-order valence-corrected chi connectivity index (χ2v) is 16.2. The van der Waals surface area contributed by atoms with Gasteiger partial charge < -0.3 is 28.4 Å². The van der Waals surface area contributed by atoms with Crippen molar-refractivity contribution in [2.24, 2.45) is 16.2 Å². The van der Waals surface area contributed by atoms with Crippen LogP contribution in [-0.4, -0.2) is 55.6 Å². The van der Waals surface area contributed by atoms with E-state index in [1.807, 2.05) is 55.4 Å². The minimum Gasteiger partial charge on any atom is -0.434 e. The van der Waals surface area contributed by atoms with Crippen LogP contribution in [0.5, 0.6) is 0 Å². The summed E-state index contributed by atoms with van der Waals surface area (Å²) in [6.07, 6.45) is 12.3. The van der Waals surface area contributed by atoms with Crippen molar-refractivity contribution in [2.45, 2.75) is 220 Å². The largest absolute Gasteiger partial charge is 0.508 e. The number of hydrogen-bond acceptors (Lipinski definition) is 9. The fraction of sp³-hybridized carbons (Fsp3) is 0.925. The highest BCUT2D eigenvalue weighted by molar-refractivity contribution is 5.61. The van der Waals surface area contributed by atoms with Crippen LogP contribution < -0.4 is 0 Å². The lowest BCUT2D eigenvalue weighted by atomic mass is 9.87. The summed E-state index contributed by atoms with van der Waals surface area (Å²) in [7, 11) is 0. The third-order valence-corrected chi connectivity index (χ3v) is 8.39. The van der Waals surface area contributed by atoms with Crippen LogP contribution in [0, 0.1) is 16.2 Å². The standard InChI is InChI=1S/C13H24O3.C12H22O3.C11H20O3.4CH4/c1-5-11(13(2,3)4)16-12(14)15-10-8-6-7-9-10;1-9(12(2,3)4)14-11(13)15-10-7-5-6-8-10;1-11(2,3)8-13-10(12)14-9-6-4-5-7-9;;;;/h10-11H,5-9H2,1-4H3;9-10H,5-8H2,1-4H3;9H,4-8H2,1-3H3;4*1H4. The van der Waals surface area contributed by atoms with E-state index in [1.54, 1.807) is 0 Å². The number of rotatable bonds is 7. The van der Waals surface area contributed by atoms with E-state index in [0.29, 0.717) is 6.61 Å². The maximum Gasteiger partial charge on any atom is 0.508 e. The molecule has 0 aromatic heterocycles. The fourth-order valence-electron chi connectivity index (χ4n) is 5.10. The van der Waals surface area contributed by atoms with Gasteiger partial charge in [-0.1, -0.05) is 98.9 Å². The Hall–Kier alpha value is -2.19. The van der Waals surface area contributed by atoms with E-state index in [1.165, 1.54) is 0 Å². The lowest BCUT2D eigenvalue weighted by Gasteiger charge is -2.29. The summed E-state index contributed by atoms with van der Waals surface area (Å²) in [4.78, 5) is 34.2. The van der Waals surface area contributed by atoms with E-state index >= 15 is 0 Å². The minimum absolute atomic E-state index is 0. The molecular weight excluding hydrogens is 624 g/mol. The Kier molecular flexibility index (Phi) is 28.1. The number of carbonyl (C=O) groups excluding carboxylic acids is 3. The summed E-state index contributed by atoms with van der Waals surface area (Å²) in [6, 6.07) is 0. The van der Waals surface area contributed by atoms with Gasteiger partial charge in [0.15, 0.2) is 0 Å². The van der Waals surface area contributed by atoms with Gasteiger partial charge in [0.25, 0.3) is 0 Å². The van der Waals surface area contributed by atoms with E-state index in [2.05, 4.69) is 20.8 Å². The maximum absolute atomic E-state index is 11.6. The van der Waals surface area contributed by atoms with Gasteiger partial charge >= 0.3 is 18.5 Å². The lowest BCUT2D eigenvalue weighted by Crippen LogP contribution is -2.32. The van der Waals surface area contributed by atoms with Crippen LogP contribution in [0.2, 0.25) is 0 Å². The monoisotopic (exact) mass is 707 g/mol. The summed E-state index contributed by atoms with van der Waals surface area (Å²) in [5.41, 5.74) is -0.0488. The molecule has 0 bridgehead atoms. The Bertz CT molecular complexity index is 848. The highest BCUT2D eigenvalue weighted by atomic mass is 16.7. The summed E-state index contributed by atoms with van der Waals surface area (Å²) < 4.78 is 31.2. The van der Waals surface area contributed by atoms with Gasteiger partial charge in [-0.05, 0) is 107 Å². The van der Waals surface area contributed by atoms with E-state index in [9.17, 15) is 14.4 Å². The second-order valence-electron chi connectivity index (χ2n) is 16.2. The molecule has 0 heterocycles. The van der Waals surface area contributed by atoms with Crippen LogP contribution in [0.1, 0.15) is 189 Å². The van der Waals surface area contributed by atoms with Gasteiger partial charge in [0.1, 0.15) is 30.5 Å². The molecule has 0 aromatic carbocycles. The Morgan fingerprint density at radius 1 is 0.551 bits per heavy atom. The Morgan fingerprint density at radius 3 is 1.16 bits per heavy atom. The summed E-state index contributed by atoms with van der Waals surface area (Å²) >= 11 is 0. The Balaban J connectivity index is -0.000000298. The van der Waals surface area contributed by atoms with Crippen molar-refractivity contribution in [1.82, 2.24) is 0 Å². The van der Waals surface area contributed by atoms with Crippen LogP contribution >= 0.6 is 0 Å². The third-order valence-electron chi connectivity index (χ3n) is 8.39. The van der Waals surface area contributed by atoms with E-state index in [-0.39, 0.29) is 76.5 Å². The molecule has 9 nitrogen and oxygen atoms in total.